The molecule has 1 aliphatic heterocycles. The number of rotatable bonds is 7. The summed E-state index contributed by atoms with van der Waals surface area (Å²) in [5.74, 6) is 0.205. The molecule has 2 fully saturated rings. The number of nitrogens with zero attached hydrogens (tertiary/aromatic N) is 1. The van der Waals surface area contributed by atoms with E-state index in [1.807, 2.05) is 0 Å². The minimum atomic E-state index is 0.205. The average Bonchev–Trinajstić information content (AvgIpc) is 2.93. The average molecular weight is 225 g/mol. The lowest BCUT2D eigenvalue weighted by Gasteiger charge is -2.14. The van der Waals surface area contributed by atoms with Crippen LogP contribution in [0.2, 0.25) is 0 Å². The summed E-state index contributed by atoms with van der Waals surface area (Å²) in [5.41, 5.74) is 0. The number of hydrogen-bond donors (Lipinski definition) is 2. The first-order valence-corrected chi connectivity index (χ1v) is 6.57. The Bertz CT molecular complexity index is 222. The molecule has 0 bridgehead atoms. The van der Waals surface area contributed by atoms with E-state index in [-0.39, 0.29) is 5.91 Å². The topological polar surface area (TPSA) is 44.4 Å². The zero-order valence-corrected chi connectivity index (χ0v) is 10.0. The third-order valence-electron chi connectivity index (χ3n) is 3.27. The second kappa shape index (κ2) is 6.21. The van der Waals surface area contributed by atoms with Gasteiger partial charge in [0.25, 0.3) is 0 Å². The SMILES string of the molecule is O=C(CCNCCN1CCCC1)NC1CC1. The van der Waals surface area contributed by atoms with E-state index < -0.39 is 0 Å². The van der Waals surface area contributed by atoms with E-state index in [1.165, 1.54) is 38.8 Å². The lowest BCUT2D eigenvalue weighted by molar-refractivity contribution is -0.121. The van der Waals surface area contributed by atoms with E-state index >= 15 is 0 Å². The van der Waals surface area contributed by atoms with Crippen molar-refractivity contribution in [2.45, 2.75) is 38.1 Å². The largest absolute Gasteiger partial charge is 0.353 e. The van der Waals surface area contributed by atoms with Crippen LogP contribution in [0, 0.1) is 0 Å². The van der Waals surface area contributed by atoms with Crippen molar-refractivity contribution in [2.75, 3.05) is 32.7 Å². The Kier molecular flexibility index (Phi) is 4.60. The fourth-order valence-corrected chi connectivity index (χ4v) is 2.10. The Morgan fingerprint density at radius 2 is 1.94 bits per heavy atom. The predicted octanol–water partition coefficient (Wildman–Crippen LogP) is 0.341. The van der Waals surface area contributed by atoms with Crippen molar-refractivity contribution in [3.05, 3.63) is 0 Å². The van der Waals surface area contributed by atoms with Gasteiger partial charge in [-0.15, -0.1) is 0 Å². The second-order valence-corrected chi connectivity index (χ2v) is 4.89. The van der Waals surface area contributed by atoms with Crippen LogP contribution in [0.5, 0.6) is 0 Å². The van der Waals surface area contributed by atoms with E-state index in [4.69, 9.17) is 0 Å². The number of nitrogens with one attached hydrogen (secondary N) is 2. The molecule has 0 radical (unpaired) electrons. The van der Waals surface area contributed by atoms with Crippen LogP contribution in [-0.4, -0.2) is 49.6 Å². The smallest absolute Gasteiger partial charge is 0.221 e. The van der Waals surface area contributed by atoms with E-state index in [9.17, 15) is 4.79 Å². The highest BCUT2D eigenvalue weighted by atomic mass is 16.1. The molecule has 4 heteroatoms. The van der Waals surface area contributed by atoms with Gasteiger partial charge < -0.3 is 15.5 Å². The number of hydrogen-bond acceptors (Lipinski definition) is 3. The Labute approximate surface area is 97.8 Å². The number of carbonyl (C=O) groups is 1. The summed E-state index contributed by atoms with van der Waals surface area (Å²) in [6.07, 6.45) is 5.67. The summed E-state index contributed by atoms with van der Waals surface area (Å²) in [7, 11) is 0. The van der Waals surface area contributed by atoms with E-state index in [0.29, 0.717) is 12.5 Å². The molecule has 2 N–H and O–H groups in total. The molecule has 2 aliphatic rings. The van der Waals surface area contributed by atoms with Crippen LogP contribution in [-0.2, 0) is 4.79 Å². The molecular weight excluding hydrogens is 202 g/mol. The lowest BCUT2D eigenvalue weighted by atomic mass is 10.4. The number of amides is 1. The Balaban J connectivity index is 1.40. The molecule has 92 valence electrons. The summed E-state index contributed by atoms with van der Waals surface area (Å²) >= 11 is 0. The molecule has 4 nitrogen and oxygen atoms in total. The van der Waals surface area contributed by atoms with Gasteiger partial charge in [-0.05, 0) is 38.8 Å². The Morgan fingerprint density at radius 1 is 1.19 bits per heavy atom. The van der Waals surface area contributed by atoms with Crippen LogP contribution < -0.4 is 10.6 Å². The first-order valence-electron chi connectivity index (χ1n) is 6.57. The maximum Gasteiger partial charge on any atom is 0.221 e. The normalized spacial score (nSPS) is 21.2. The van der Waals surface area contributed by atoms with Gasteiger partial charge in [-0.1, -0.05) is 0 Å². The number of carbonyl (C=O) groups excluding carboxylic acids is 1. The van der Waals surface area contributed by atoms with E-state index in [2.05, 4.69) is 15.5 Å². The maximum absolute atomic E-state index is 11.4. The minimum Gasteiger partial charge on any atom is -0.353 e. The zero-order chi connectivity index (χ0) is 11.2. The van der Waals surface area contributed by atoms with Crippen LogP contribution in [0.3, 0.4) is 0 Å². The van der Waals surface area contributed by atoms with Crippen molar-refractivity contribution >= 4 is 5.91 Å². The molecule has 0 aromatic heterocycles. The molecule has 16 heavy (non-hydrogen) atoms. The molecule has 2 rings (SSSR count). The van der Waals surface area contributed by atoms with Crippen LogP contribution in [0.1, 0.15) is 32.1 Å². The standard InChI is InChI=1S/C12H23N3O/c16-12(14-11-3-4-11)5-6-13-7-10-15-8-1-2-9-15/h11,13H,1-10H2,(H,14,16). The van der Waals surface area contributed by atoms with Gasteiger partial charge in [-0.25, -0.2) is 0 Å². The molecule has 0 aromatic carbocycles. The summed E-state index contributed by atoms with van der Waals surface area (Å²) in [4.78, 5) is 13.8. The predicted molar refractivity (Wildman–Crippen MR) is 64.3 cm³/mol. The van der Waals surface area contributed by atoms with Crippen LogP contribution in [0.15, 0.2) is 0 Å². The molecular formula is C12H23N3O. The first kappa shape index (κ1) is 11.9. The van der Waals surface area contributed by atoms with Gasteiger partial charge in [-0.3, -0.25) is 4.79 Å². The Hall–Kier alpha value is -0.610. The van der Waals surface area contributed by atoms with Crippen molar-refractivity contribution in [1.82, 2.24) is 15.5 Å². The van der Waals surface area contributed by atoms with Crippen LogP contribution >= 0.6 is 0 Å². The van der Waals surface area contributed by atoms with Crippen molar-refractivity contribution in [2.24, 2.45) is 0 Å². The molecule has 0 spiro atoms. The summed E-state index contributed by atoms with van der Waals surface area (Å²) < 4.78 is 0. The third kappa shape index (κ3) is 4.49. The van der Waals surface area contributed by atoms with E-state index in [0.717, 1.165) is 19.6 Å². The molecule has 1 saturated carbocycles. The quantitative estimate of drug-likeness (QED) is 0.614. The van der Waals surface area contributed by atoms with Crippen molar-refractivity contribution in [3.8, 4) is 0 Å². The fourth-order valence-electron chi connectivity index (χ4n) is 2.10. The molecule has 1 heterocycles. The minimum absolute atomic E-state index is 0.205. The van der Waals surface area contributed by atoms with Gasteiger partial charge >= 0.3 is 0 Å². The molecule has 0 aromatic rings. The summed E-state index contributed by atoms with van der Waals surface area (Å²) in [6, 6.07) is 0.497. The Morgan fingerprint density at radius 3 is 2.62 bits per heavy atom. The highest BCUT2D eigenvalue weighted by Crippen LogP contribution is 2.18. The first-order chi connectivity index (χ1) is 7.84. The molecule has 1 amide bonds. The highest BCUT2D eigenvalue weighted by molar-refractivity contribution is 5.76. The van der Waals surface area contributed by atoms with Gasteiger partial charge in [0.15, 0.2) is 0 Å². The third-order valence-corrected chi connectivity index (χ3v) is 3.27. The monoisotopic (exact) mass is 225 g/mol. The zero-order valence-electron chi connectivity index (χ0n) is 10.0. The van der Waals surface area contributed by atoms with Gasteiger partial charge in [-0.2, -0.15) is 0 Å². The van der Waals surface area contributed by atoms with Crippen molar-refractivity contribution < 1.29 is 4.79 Å². The lowest BCUT2D eigenvalue weighted by Crippen LogP contribution is -2.33. The van der Waals surface area contributed by atoms with Crippen molar-refractivity contribution in [1.29, 1.82) is 0 Å². The second-order valence-electron chi connectivity index (χ2n) is 4.89. The molecule has 1 aliphatic carbocycles. The van der Waals surface area contributed by atoms with Gasteiger partial charge in [0.2, 0.25) is 5.91 Å². The fraction of sp³-hybridized carbons (Fsp3) is 0.917. The molecule has 0 atom stereocenters. The van der Waals surface area contributed by atoms with Crippen molar-refractivity contribution in [3.63, 3.8) is 0 Å². The van der Waals surface area contributed by atoms with Crippen LogP contribution in [0.25, 0.3) is 0 Å². The van der Waals surface area contributed by atoms with Gasteiger partial charge in [0, 0.05) is 32.1 Å². The van der Waals surface area contributed by atoms with Crippen LogP contribution in [0.4, 0.5) is 0 Å². The summed E-state index contributed by atoms with van der Waals surface area (Å²) in [5, 5.41) is 6.33. The van der Waals surface area contributed by atoms with Gasteiger partial charge in [0.1, 0.15) is 0 Å². The molecule has 1 saturated heterocycles. The summed E-state index contributed by atoms with van der Waals surface area (Å²) in [6.45, 7) is 5.46. The number of likely N-dealkylation sites (tertiary alicyclic amines) is 1. The highest BCUT2D eigenvalue weighted by Gasteiger charge is 2.22. The maximum atomic E-state index is 11.4. The molecule has 0 unspecified atom stereocenters. The van der Waals surface area contributed by atoms with E-state index in [1.54, 1.807) is 0 Å². The van der Waals surface area contributed by atoms with Gasteiger partial charge in [0.05, 0.1) is 0 Å².